The van der Waals surface area contributed by atoms with E-state index in [1.165, 1.54) is 6.07 Å². The fourth-order valence-corrected chi connectivity index (χ4v) is 1.94. The third-order valence-electron chi connectivity index (χ3n) is 2.92. The number of para-hydroxylation sites is 1. The first-order valence-electron chi connectivity index (χ1n) is 6.70. The predicted molar refractivity (Wildman–Crippen MR) is 88.8 cm³/mol. The summed E-state index contributed by atoms with van der Waals surface area (Å²) in [5.41, 5.74) is 7.29. The number of aryl methyl sites for hydroxylation is 1. The quantitative estimate of drug-likeness (QED) is 0.602. The van der Waals surface area contributed by atoms with Crippen molar-refractivity contribution in [2.24, 2.45) is 0 Å². The number of carbonyl (C=O) groups excluding carboxylic acids is 1. The minimum atomic E-state index is -0.419. The Labute approximate surface area is 133 Å². The van der Waals surface area contributed by atoms with Gasteiger partial charge < -0.3 is 5.32 Å². The zero-order valence-electron chi connectivity index (χ0n) is 12.0. The van der Waals surface area contributed by atoms with Gasteiger partial charge in [0.2, 0.25) is 5.91 Å². The predicted octanol–water partition coefficient (Wildman–Crippen LogP) is 2.69. The third-order valence-corrected chi connectivity index (χ3v) is 3.13. The fourth-order valence-electron chi connectivity index (χ4n) is 1.78. The first kappa shape index (κ1) is 15.9. The molecule has 0 aliphatic heterocycles. The topological polar surface area (TPSA) is 53.2 Å². The molecule has 0 bridgehead atoms. The highest BCUT2D eigenvalue weighted by atomic mass is 32.1. The summed E-state index contributed by atoms with van der Waals surface area (Å²) in [5, 5.41) is 2.78. The number of halogens is 1. The molecule has 22 heavy (non-hydrogen) atoms. The first-order chi connectivity index (χ1) is 10.5. The second kappa shape index (κ2) is 7.51. The second-order valence-corrected chi connectivity index (χ2v) is 5.18. The number of anilines is 1. The van der Waals surface area contributed by atoms with E-state index in [9.17, 15) is 9.18 Å². The van der Waals surface area contributed by atoms with Crippen LogP contribution in [0.5, 0.6) is 0 Å². The van der Waals surface area contributed by atoms with Gasteiger partial charge in [-0.3, -0.25) is 15.6 Å². The number of hydrogen-bond acceptors (Lipinski definition) is 2. The lowest BCUT2D eigenvalue weighted by atomic mass is 10.1. The van der Waals surface area contributed by atoms with E-state index in [1.54, 1.807) is 18.2 Å². The molecule has 0 heterocycles. The number of hydrazine groups is 1. The lowest BCUT2D eigenvalue weighted by Crippen LogP contribution is -2.44. The molecule has 0 aromatic heterocycles. The standard InChI is InChI=1S/C16H16FN3OS/c1-11-6-8-12(9-7-11)10-15(21)19-20-16(22)18-14-5-3-2-4-13(14)17/h2-9H,10H2,1H3,(H,19,21)(H2,18,20,22). The van der Waals surface area contributed by atoms with Crippen LogP contribution >= 0.6 is 12.2 Å². The Morgan fingerprint density at radius 2 is 1.77 bits per heavy atom. The molecule has 1 amide bonds. The first-order valence-corrected chi connectivity index (χ1v) is 7.11. The lowest BCUT2D eigenvalue weighted by Gasteiger charge is -2.12. The molecule has 0 saturated carbocycles. The van der Waals surface area contributed by atoms with Gasteiger partial charge in [0.1, 0.15) is 5.82 Å². The molecule has 114 valence electrons. The molecule has 4 nitrogen and oxygen atoms in total. The maximum absolute atomic E-state index is 13.4. The Bertz CT molecular complexity index is 673. The monoisotopic (exact) mass is 317 g/mol. The van der Waals surface area contributed by atoms with Crippen LogP contribution in [-0.2, 0) is 11.2 Å². The summed E-state index contributed by atoms with van der Waals surface area (Å²) >= 11 is 4.99. The number of benzene rings is 2. The van der Waals surface area contributed by atoms with Gasteiger partial charge >= 0.3 is 0 Å². The zero-order chi connectivity index (χ0) is 15.9. The highest BCUT2D eigenvalue weighted by Gasteiger charge is 2.05. The number of carbonyl (C=O) groups is 1. The van der Waals surface area contributed by atoms with E-state index in [0.29, 0.717) is 0 Å². The van der Waals surface area contributed by atoms with Crippen molar-refractivity contribution < 1.29 is 9.18 Å². The molecule has 0 aliphatic carbocycles. The minimum Gasteiger partial charge on any atom is -0.329 e. The molecule has 0 radical (unpaired) electrons. The van der Waals surface area contributed by atoms with Gasteiger partial charge in [0, 0.05) is 0 Å². The summed E-state index contributed by atoms with van der Waals surface area (Å²) in [7, 11) is 0. The van der Waals surface area contributed by atoms with E-state index in [-0.39, 0.29) is 23.1 Å². The molecule has 0 unspecified atom stereocenters. The third kappa shape index (κ3) is 4.82. The van der Waals surface area contributed by atoms with Gasteiger partial charge in [-0.1, -0.05) is 42.0 Å². The van der Waals surface area contributed by atoms with Crippen molar-refractivity contribution in [1.29, 1.82) is 0 Å². The Hall–Kier alpha value is -2.47. The van der Waals surface area contributed by atoms with Crippen LogP contribution in [0.25, 0.3) is 0 Å². The van der Waals surface area contributed by atoms with Crippen LogP contribution < -0.4 is 16.2 Å². The van der Waals surface area contributed by atoms with Crippen molar-refractivity contribution in [2.45, 2.75) is 13.3 Å². The summed E-state index contributed by atoms with van der Waals surface area (Å²) in [4.78, 5) is 11.8. The summed E-state index contributed by atoms with van der Waals surface area (Å²) in [5.74, 6) is -0.654. The van der Waals surface area contributed by atoms with Crippen LogP contribution in [-0.4, -0.2) is 11.0 Å². The molecule has 0 saturated heterocycles. The Morgan fingerprint density at radius 3 is 2.45 bits per heavy atom. The second-order valence-electron chi connectivity index (χ2n) is 4.77. The number of hydrogen-bond donors (Lipinski definition) is 3. The summed E-state index contributed by atoms with van der Waals surface area (Å²) in [6.07, 6.45) is 0.232. The Morgan fingerprint density at radius 1 is 1.09 bits per heavy atom. The average molecular weight is 317 g/mol. The number of thiocarbonyl (C=S) groups is 1. The molecule has 0 fully saturated rings. The number of rotatable bonds is 3. The zero-order valence-corrected chi connectivity index (χ0v) is 12.8. The number of nitrogens with one attached hydrogen (secondary N) is 3. The van der Waals surface area contributed by atoms with Gasteiger partial charge in [0.25, 0.3) is 0 Å². The molecule has 2 aromatic carbocycles. The van der Waals surface area contributed by atoms with Gasteiger partial charge in [-0.05, 0) is 36.8 Å². The molecule has 6 heteroatoms. The van der Waals surface area contributed by atoms with Gasteiger partial charge in [-0.2, -0.15) is 0 Å². The molecule has 0 spiro atoms. The van der Waals surface area contributed by atoms with Crippen molar-refractivity contribution in [3.05, 3.63) is 65.5 Å². The maximum Gasteiger partial charge on any atom is 0.242 e. The van der Waals surface area contributed by atoms with Gasteiger partial charge in [0.05, 0.1) is 12.1 Å². The van der Waals surface area contributed by atoms with E-state index < -0.39 is 5.82 Å². The van der Waals surface area contributed by atoms with E-state index in [2.05, 4.69) is 16.2 Å². The largest absolute Gasteiger partial charge is 0.329 e. The Balaban J connectivity index is 1.79. The summed E-state index contributed by atoms with van der Waals surface area (Å²) in [6, 6.07) is 13.8. The average Bonchev–Trinajstić information content (AvgIpc) is 2.50. The minimum absolute atomic E-state index is 0.113. The highest BCUT2D eigenvalue weighted by molar-refractivity contribution is 7.80. The molecular formula is C16H16FN3OS. The van der Waals surface area contributed by atoms with E-state index >= 15 is 0 Å². The van der Waals surface area contributed by atoms with Gasteiger partial charge in [-0.15, -0.1) is 0 Å². The normalized spacial score (nSPS) is 9.91. The lowest BCUT2D eigenvalue weighted by molar-refractivity contribution is -0.120. The smallest absolute Gasteiger partial charge is 0.242 e. The van der Waals surface area contributed by atoms with Crippen molar-refractivity contribution in [2.75, 3.05) is 5.32 Å². The van der Waals surface area contributed by atoms with Gasteiger partial charge in [-0.25, -0.2) is 4.39 Å². The van der Waals surface area contributed by atoms with Crippen LogP contribution in [0.2, 0.25) is 0 Å². The SMILES string of the molecule is Cc1ccc(CC(=O)NNC(=S)Nc2ccccc2F)cc1. The van der Waals surface area contributed by atoms with E-state index in [4.69, 9.17) is 12.2 Å². The fraction of sp³-hybridized carbons (Fsp3) is 0.125. The molecule has 0 aliphatic rings. The van der Waals surface area contributed by atoms with E-state index in [0.717, 1.165) is 11.1 Å². The summed E-state index contributed by atoms with van der Waals surface area (Å²) < 4.78 is 13.4. The molecular weight excluding hydrogens is 301 g/mol. The number of amides is 1. The van der Waals surface area contributed by atoms with Crippen LogP contribution in [0.3, 0.4) is 0 Å². The summed E-state index contributed by atoms with van der Waals surface area (Å²) in [6.45, 7) is 1.98. The van der Waals surface area contributed by atoms with Crippen molar-refractivity contribution in [3.63, 3.8) is 0 Å². The maximum atomic E-state index is 13.4. The highest BCUT2D eigenvalue weighted by Crippen LogP contribution is 2.11. The molecule has 3 N–H and O–H groups in total. The van der Waals surface area contributed by atoms with Crippen LogP contribution in [0.15, 0.2) is 48.5 Å². The van der Waals surface area contributed by atoms with Crippen molar-refractivity contribution >= 4 is 28.9 Å². The van der Waals surface area contributed by atoms with Crippen molar-refractivity contribution in [3.8, 4) is 0 Å². The van der Waals surface area contributed by atoms with Crippen LogP contribution in [0.4, 0.5) is 10.1 Å². The van der Waals surface area contributed by atoms with Crippen LogP contribution in [0.1, 0.15) is 11.1 Å². The molecule has 2 aromatic rings. The van der Waals surface area contributed by atoms with Crippen LogP contribution in [0, 0.1) is 12.7 Å². The Kier molecular flexibility index (Phi) is 5.43. The molecule has 2 rings (SSSR count). The van der Waals surface area contributed by atoms with E-state index in [1.807, 2.05) is 31.2 Å². The van der Waals surface area contributed by atoms with Gasteiger partial charge in [0.15, 0.2) is 5.11 Å². The van der Waals surface area contributed by atoms with Crippen molar-refractivity contribution in [1.82, 2.24) is 10.9 Å². The molecule has 0 atom stereocenters.